The molecular formula is C20H28F2IN5O. The van der Waals surface area contributed by atoms with Gasteiger partial charge in [0.1, 0.15) is 17.4 Å². The maximum absolute atomic E-state index is 14.0. The van der Waals surface area contributed by atoms with E-state index in [4.69, 9.17) is 9.52 Å². The summed E-state index contributed by atoms with van der Waals surface area (Å²) in [5.74, 6) is 0.861. The SMILES string of the molecule is CCNC(=NCCc1c(C)noc1C)N1CCN(c2cc(F)ccc2F)CC1.I. The third kappa shape index (κ3) is 5.80. The molecule has 1 fully saturated rings. The summed E-state index contributed by atoms with van der Waals surface area (Å²) in [5.41, 5.74) is 2.33. The fourth-order valence-corrected chi connectivity index (χ4v) is 3.45. The van der Waals surface area contributed by atoms with E-state index in [-0.39, 0.29) is 24.0 Å². The largest absolute Gasteiger partial charge is 0.366 e. The van der Waals surface area contributed by atoms with Gasteiger partial charge in [-0.2, -0.15) is 0 Å². The second-order valence-corrected chi connectivity index (χ2v) is 6.86. The molecule has 160 valence electrons. The average molecular weight is 519 g/mol. The lowest BCUT2D eigenvalue weighted by molar-refractivity contribution is 0.370. The van der Waals surface area contributed by atoms with E-state index in [9.17, 15) is 8.78 Å². The molecule has 0 spiro atoms. The Morgan fingerprint density at radius 2 is 1.93 bits per heavy atom. The van der Waals surface area contributed by atoms with Crippen molar-refractivity contribution in [2.24, 2.45) is 4.99 Å². The zero-order valence-corrected chi connectivity index (χ0v) is 19.4. The van der Waals surface area contributed by atoms with Crippen molar-refractivity contribution >= 4 is 35.6 Å². The van der Waals surface area contributed by atoms with Crippen LogP contribution < -0.4 is 10.2 Å². The number of aromatic nitrogens is 1. The predicted octanol–water partition coefficient (Wildman–Crippen LogP) is 3.52. The Morgan fingerprint density at radius 3 is 2.55 bits per heavy atom. The number of halogens is 3. The van der Waals surface area contributed by atoms with Gasteiger partial charge in [0.25, 0.3) is 0 Å². The fourth-order valence-electron chi connectivity index (χ4n) is 3.45. The van der Waals surface area contributed by atoms with E-state index < -0.39 is 11.6 Å². The van der Waals surface area contributed by atoms with Gasteiger partial charge in [-0.25, -0.2) is 8.78 Å². The second-order valence-electron chi connectivity index (χ2n) is 6.86. The summed E-state index contributed by atoms with van der Waals surface area (Å²) in [6.07, 6.45) is 0.768. The molecule has 0 bridgehead atoms. The summed E-state index contributed by atoms with van der Waals surface area (Å²) in [4.78, 5) is 8.77. The van der Waals surface area contributed by atoms with Gasteiger partial charge in [0, 0.05) is 50.9 Å². The average Bonchev–Trinajstić information content (AvgIpc) is 3.01. The highest BCUT2D eigenvalue weighted by Gasteiger charge is 2.22. The van der Waals surface area contributed by atoms with Crippen LogP contribution in [0.2, 0.25) is 0 Å². The number of aryl methyl sites for hydroxylation is 2. The third-order valence-corrected chi connectivity index (χ3v) is 4.97. The quantitative estimate of drug-likeness (QED) is 0.373. The monoisotopic (exact) mass is 519 g/mol. The number of piperazine rings is 1. The number of nitrogens with zero attached hydrogens (tertiary/aromatic N) is 4. The molecule has 0 unspecified atom stereocenters. The van der Waals surface area contributed by atoms with E-state index in [1.165, 1.54) is 12.1 Å². The van der Waals surface area contributed by atoms with Crippen LogP contribution in [-0.2, 0) is 6.42 Å². The Labute approximate surface area is 187 Å². The van der Waals surface area contributed by atoms with Crippen LogP contribution in [0.1, 0.15) is 23.9 Å². The fraction of sp³-hybridized carbons (Fsp3) is 0.500. The van der Waals surface area contributed by atoms with Crippen LogP contribution in [0.4, 0.5) is 14.5 Å². The van der Waals surface area contributed by atoms with Crippen molar-refractivity contribution in [1.29, 1.82) is 0 Å². The Hall–Kier alpha value is -1.91. The van der Waals surface area contributed by atoms with Crippen molar-refractivity contribution in [1.82, 2.24) is 15.4 Å². The van der Waals surface area contributed by atoms with Gasteiger partial charge in [0.15, 0.2) is 5.96 Å². The summed E-state index contributed by atoms with van der Waals surface area (Å²) in [7, 11) is 0. The molecule has 1 saturated heterocycles. The van der Waals surface area contributed by atoms with Crippen molar-refractivity contribution < 1.29 is 13.3 Å². The van der Waals surface area contributed by atoms with Gasteiger partial charge in [-0.15, -0.1) is 24.0 Å². The molecule has 9 heteroatoms. The molecule has 3 rings (SSSR count). The molecule has 0 radical (unpaired) electrons. The summed E-state index contributed by atoms with van der Waals surface area (Å²) in [6, 6.07) is 3.58. The number of benzene rings is 1. The van der Waals surface area contributed by atoms with Crippen molar-refractivity contribution in [3.8, 4) is 0 Å². The molecule has 1 N–H and O–H groups in total. The normalized spacial score (nSPS) is 14.7. The predicted molar refractivity (Wildman–Crippen MR) is 121 cm³/mol. The molecule has 29 heavy (non-hydrogen) atoms. The summed E-state index contributed by atoms with van der Waals surface area (Å²) in [6.45, 7) is 9.86. The van der Waals surface area contributed by atoms with E-state index in [2.05, 4.69) is 15.4 Å². The van der Waals surface area contributed by atoms with Crippen LogP contribution in [0.5, 0.6) is 0 Å². The molecule has 0 aliphatic carbocycles. The standard InChI is InChI=1S/C20H27F2N5O.HI/c1-4-23-20(24-8-7-17-14(2)25-28-15(17)3)27-11-9-26(10-12-27)19-13-16(21)5-6-18(19)22;/h5-6,13H,4,7-12H2,1-3H3,(H,23,24);1H. The minimum absolute atomic E-state index is 0. The van der Waals surface area contributed by atoms with Crippen LogP contribution in [0.15, 0.2) is 27.7 Å². The van der Waals surface area contributed by atoms with Crippen LogP contribution in [0.3, 0.4) is 0 Å². The molecule has 1 aliphatic rings. The van der Waals surface area contributed by atoms with Gasteiger partial charge in [0.05, 0.1) is 11.4 Å². The zero-order chi connectivity index (χ0) is 20.1. The molecule has 1 aromatic carbocycles. The lowest BCUT2D eigenvalue weighted by Gasteiger charge is -2.37. The first kappa shape index (κ1) is 23.4. The summed E-state index contributed by atoms with van der Waals surface area (Å²) < 4.78 is 32.7. The van der Waals surface area contributed by atoms with Gasteiger partial charge >= 0.3 is 0 Å². The molecule has 2 heterocycles. The lowest BCUT2D eigenvalue weighted by Crippen LogP contribution is -2.52. The van der Waals surface area contributed by atoms with Crippen molar-refractivity contribution in [3.05, 3.63) is 46.9 Å². The number of guanidine groups is 1. The second kappa shape index (κ2) is 10.7. The van der Waals surface area contributed by atoms with Gasteiger partial charge in [0.2, 0.25) is 0 Å². The van der Waals surface area contributed by atoms with E-state index in [0.717, 1.165) is 42.0 Å². The smallest absolute Gasteiger partial charge is 0.194 e. The number of hydrogen-bond donors (Lipinski definition) is 1. The van der Waals surface area contributed by atoms with E-state index >= 15 is 0 Å². The van der Waals surface area contributed by atoms with Gasteiger partial charge in [-0.3, -0.25) is 4.99 Å². The van der Waals surface area contributed by atoms with Crippen LogP contribution >= 0.6 is 24.0 Å². The first-order valence-corrected chi connectivity index (χ1v) is 9.64. The lowest BCUT2D eigenvalue weighted by atomic mass is 10.1. The summed E-state index contributed by atoms with van der Waals surface area (Å²) >= 11 is 0. The van der Waals surface area contributed by atoms with Crippen molar-refractivity contribution in [2.45, 2.75) is 27.2 Å². The molecule has 0 saturated carbocycles. The molecule has 0 atom stereocenters. The molecule has 6 nitrogen and oxygen atoms in total. The van der Waals surface area contributed by atoms with Crippen molar-refractivity contribution in [2.75, 3.05) is 44.2 Å². The molecular weight excluding hydrogens is 491 g/mol. The van der Waals surface area contributed by atoms with Gasteiger partial charge in [-0.05, 0) is 39.3 Å². The van der Waals surface area contributed by atoms with E-state index in [1.54, 1.807) is 0 Å². The highest BCUT2D eigenvalue weighted by Crippen LogP contribution is 2.22. The number of nitrogens with one attached hydrogen (secondary N) is 1. The van der Waals surface area contributed by atoms with E-state index in [0.29, 0.717) is 38.4 Å². The van der Waals surface area contributed by atoms with Gasteiger partial charge in [-0.1, -0.05) is 5.16 Å². The number of anilines is 1. The van der Waals surface area contributed by atoms with Crippen LogP contribution in [-0.4, -0.2) is 55.3 Å². The third-order valence-electron chi connectivity index (χ3n) is 4.97. The first-order valence-electron chi connectivity index (χ1n) is 9.64. The maximum atomic E-state index is 14.0. The van der Waals surface area contributed by atoms with Crippen LogP contribution in [0.25, 0.3) is 0 Å². The highest BCUT2D eigenvalue weighted by molar-refractivity contribution is 14.0. The van der Waals surface area contributed by atoms with Crippen LogP contribution in [0, 0.1) is 25.5 Å². The Balaban J connectivity index is 0.00000300. The Bertz CT molecular complexity index is 815. The van der Waals surface area contributed by atoms with E-state index in [1.807, 2.05) is 25.7 Å². The molecule has 0 amide bonds. The molecule has 1 aliphatic heterocycles. The maximum Gasteiger partial charge on any atom is 0.194 e. The minimum atomic E-state index is -0.423. The Morgan fingerprint density at radius 1 is 1.21 bits per heavy atom. The molecule has 2 aromatic rings. The number of rotatable bonds is 5. The highest BCUT2D eigenvalue weighted by atomic mass is 127. The Kier molecular flexibility index (Phi) is 8.66. The topological polar surface area (TPSA) is 56.9 Å². The minimum Gasteiger partial charge on any atom is -0.366 e. The van der Waals surface area contributed by atoms with Crippen molar-refractivity contribution in [3.63, 3.8) is 0 Å². The molecule has 1 aromatic heterocycles. The number of hydrogen-bond acceptors (Lipinski definition) is 4. The van der Waals surface area contributed by atoms with Gasteiger partial charge < -0.3 is 19.6 Å². The number of aliphatic imine (C=N–C) groups is 1. The first-order chi connectivity index (χ1) is 13.5. The zero-order valence-electron chi connectivity index (χ0n) is 17.0. The summed E-state index contributed by atoms with van der Waals surface area (Å²) in [5, 5.41) is 7.30.